The second-order valence-electron chi connectivity index (χ2n) is 4.36. The number of carbonyl (C=O) groups excluding carboxylic acids is 1. The Labute approximate surface area is 116 Å². The zero-order valence-electron chi connectivity index (χ0n) is 11.1. The van der Waals surface area contributed by atoms with Gasteiger partial charge in [0.05, 0.1) is 18.2 Å². The van der Waals surface area contributed by atoms with Crippen molar-refractivity contribution in [3.8, 4) is 17.2 Å². The number of fused-ring (bicyclic) bond motifs is 1. The Morgan fingerprint density at radius 1 is 1.00 bits per heavy atom. The quantitative estimate of drug-likeness (QED) is 0.804. The highest BCUT2D eigenvalue weighted by Gasteiger charge is 2.23. The summed E-state index contributed by atoms with van der Waals surface area (Å²) in [4.78, 5) is 12.7. The molecule has 0 fully saturated rings. The predicted octanol–water partition coefficient (Wildman–Crippen LogP) is 2.70. The van der Waals surface area contributed by atoms with Crippen LogP contribution >= 0.6 is 0 Å². The molecule has 102 valence electrons. The van der Waals surface area contributed by atoms with Gasteiger partial charge in [0.2, 0.25) is 5.78 Å². The first-order chi connectivity index (χ1) is 9.81. The highest BCUT2D eigenvalue weighted by atomic mass is 16.6. The zero-order chi connectivity index (χ0) is 13.9. The molecule has 0 atom stereocenters. The maximum Gasteiger partial charge on any atom is 0.200 e. The molecule has 3 rings (SSSR count). The second kappa shape index (κ2) is 5.25. The van der Waals surface area contributed by atoms with E-state index in [1.165, 1.54) is 0 Å². The number of ketones is 1. The van der Waals surface area contributed by atoms with Crippen LogP contribution in [0.1, 0.15) is 15.9 Å². The minimum atomic E-state index is -0.134. The molecule has 4 heteroatoms. The zero-order valence-corrected chi connectivity index (χ0v) is 11.1. The maximum absolute atomic E-state index is 12.7. The predicted molar refractivity (Wildman–Crippen MR) is 73.9 cm³/mol. The van der Waals surface area contributed by atoms with Crippen LogP contribution in [-0.4, -0.2) is 26.1 Å². The van der Waals surface area contributed by atoms with Gasteiger partial charge in [-0.3, -0.25) is 4.79 Å². The van der Waals surface area contributed by atoms with Gasteiger partial charge in [0.1, 0.15) is 19.0 Å². The lowest BCUT2D eigenvalue weighted by molar-refractivity contribution is 0.102. The molecule has 0 N–H and O–H groups in total. The van der Waals surface area contributed by atoms with Crippen LogP contribution in [0.15, 0.2) is 42.5 Å². The molecule has 1 aliphatic rings. The van der Waals surface area contributed by atoms with Crippen molar-refractivity contribution >= 4 is 5.78 Å². The molecule has 2 aromatic rings. The Kier molecular flexibility index (Phi) is 3.29. The van der Waals surface area contributed by atoms with Crippen molar-refractivity contribution in [1.82, 2.24) is 0 Å². The van der Waals surface area contributed by atoms with Gasteiger partial charge >= 0.3 is 0 Å². The summed E-state index contributed by atoms with van der Waals surface area (Å²) in [5, 5.41) is 0. The molecule has 20 heavy (non-hydrogen) atoms. The van der Waals surface area contributed by atoms with E-state index in [0.29, 0.717) is 41.6 Å². The fourth-order valence-electron chi connectivity index (χ4n) is 2.23. The molecule has 1 aliphatic heterocycles. The first-order valence-electron chi connectivity index (χ1n) is 6.37. The molecule has 0 aliphatic carbocycles. The van der Waals surface area contributed by atoms with Crippen molar-refractivity contribution in [2.24, 2.45) is 0 Å². The molecule has 0 bridgehead atoms. The first kappa shape index (κ1) is 12.5. The Balaban J connectivity index is 2.07. The van der Waals surface area contributed by atoms with Crippen LogP contribution < -0.4 is 14.2 Å². The summed E-state index contributed by atoms with van der Waals surface area (Å²) in [6.07, 6.45) is 0. The summed E-state index contributed by atoms with van der Waals surface area (Å²) >= 11 is 0. The summed E-state index contributed by atoms with van der Waals surface area (Å²) in [5.41, 5.74) is 1.00. The molecule has 4 nitrogen and oxygen atoms in total. The van der Waals surface area contributed by atoms with Gasteiger partial charge in [-0.25, -0.2) is 0 Å². The number of para-hydroxylation sites is 2. The average Bonchev–Trinajstić information content (AvgIpc) is 2.53. The van der Waals surface area contributed by atoms with Crippen molar-refractivity contribution in [2.45, 2.75) is 0 Å². The van der Waals surface area contributed by atoms with E-state index in [1.54, 1.807) is 37.4 Å². The molecule has 0 amide bonds. The molecule has 0 spiro atoms. The Hall–Kier alpha value is -2.49. The molecule has 0 aromatic heterocycles. The number of carbonyl (C=O) groups is 1. The largest absolute Gasteiger partial charge is 0.496 e. The van der Waals surface area contributed by atoms with Gasteiger partial charge in [-0.15, -0.1) is 0 Å². The third-order valence-electron chi connectivity index (χ3n) is 3.16. The van der Waals surface area contributed by atoms with Gasteiger partial charge in [-0.05, 0) is 24.3 Å². The van der Waals surface area contributed by atoms with Gasteiger partial charge in [0.15, 0.2) is 11.5 Å². The third-order valence-corrected chi connectivity index (χ3v) is 3.16. The van der Waals surface area contributed by atoms with Crippen molar-refractivity contribution in [3.05, 3.63) is 53.6 Å². The van der Waals surface area contributed by atoms with Gasteiger partial charge in [-0.2, -0.15) is 0 Å². The highest BCUT2D eigenvalue weighted by molar-refractivity contribution is 6.12. The number of hydrogen-bond donors (Lipinski definition) is 0. The summed E-state index contributed by atoms with van der Waals surface area (Å²) in [7, 11) is 1.55. The minimum absolute atomic E-state index is 0.134. The van der Waals surface area contributed by atoms with E-state index in [0.717, 1.165) is 0 Å². The van der Waals surface area contributed by atoms with E-state index < -0.39 is 0 Å². The van der Waals surface area contributed by atoms with Crippen molar-refractivity contribution < 1.29 is 19.0 Å². The van der Waals surface area contributed by atoms with Crippen LogP contribution in [0.25, 0.3) is 0 Å². The third kappa shape index (κ3) is 2.09. The van der Waals surface area contributed by atoms with Gasteiger partial charge in [0, 0.05) is 0 Å². The topological polar surface area (TPSA) is 44.8 Å². The van der Waals surface area contributed by atoms with Gasteiger partial charge in [0.25, 0.3) is 0 Å². The molecule has 0 radical (unpaired) electrons. The van der Waals surface area contributed by atoms with Crippen LogP contribution in [0.5, 0.6) is 17.2 Å². The van der Waals surface area contributed by atoms with E-state index in [9.17, 15) is 4.79 Å². The van der Waals surface area contributed by atoms with Crippen LogP contribution in [0, 0.1) is 0 Å². The number of benzene rings is 2. The van der Waals surface area contributed by atoms with E-state index in [4.69, 9.17) is 14.2 Å². The smallest absolute Gasteiger partial charge is 0.200 e. The van der Waals surface area contributed by atoms with Crippen LogP contribution in [0.2, 0.25) is 0 Å². The average molecular weight is 270 g/mol. The molecule has 0 saturated heterocycles. The summed E-state index contributed by atoms with van der Waals surface area (Å²) in [5.74, 6) is 1.53. The van der Waals surface area contributed by atoms with E-state index in [2.05, 4.69) is 0 Å². The molecule has 1 heterocycles. The summed E-state index contributed by atoms with van der Waals surface area (Å²) < 4.78 is 16.3. The van der Waals surface area contributed by atoms with Crippen molar-refractivity contribution in [3.63, 3.8) is 0 Å². The van der Waals surface area contributed by atoms with Crippen LogP contribution in [-0.2, 0) is 0 Å². The standard InChI is InChI=1S/C16H14O4/c1-18-13-7-3-2-5-11(13)15(17)12-6-4-8-14-16(12)20-10-9-19-14/h2-8H,9-10H2,1H3. The number of methoxy groups -OCH3 is 1. The second-order valence-corrected chi connectivity index (χ2v) is 4.36. The lowest BCUT2D eigenvalue weighted by Gasteiger charge is -2.20. The van der Waals surface area contributed by atoms with Crippen molar-refractivity contribution in [2.75, 3.05) is 20.3 Å². The van der Waals surface area contributed by atoms with E-state index in [1.807, 2.05) is 12.1 Å². The molecule has 0 saturated carbocycles. The Bertz CT molecular complexity index is 649. The maximum atomic E-state index is 12.7. The fourth-order valence-corrected chi connectivity index (χ4v) is 2.23. The van der Waals surface area contributed by atoms with E-state index in [-0.39, 0.29) is 5.78 Å². The minimum Gasteiger partial charge on any atom is -0.496 e. The van der Waals surface area contributed by atoms with Crippen LogP contribution in [0.4, 0.5) is 0 Å². The Morgan fingerprint density at radius 2 is 1.75 bits per heavy atom. The monoisotopic (exact) mass is 270 g/mol. The summed E-state index contributed by atoms with van der Waals surface area (Å²) in [6, 6.07) is 12.5. The van der Waals surface area contributed by atoms with Crippen LogP contribution in [0.3, 0.4) is 0 Å². The molecular formula is C16H14O4. The lowest BCUT2D eigenvalue weighted by Crippen LogP contribution is -2.18. The molecule has 2 aromatic carbocycles. The Morgan fingerprint density at radius 3 is 2.60 bits per heavy atom. The number of hydrogen-bond acceptors (Lipinski definition) is 4. The molecule has 0 unspecified atom stereocenters. The molecular weight excluding hydrogens is 256 g/mol. The first-order valence-corrected chi connectivity index (χ1v) is 6.37. The fraction of sp³-hybridized carbons (Fsp3) is 0.188. The highest BCUT2D eigenvalue weighted by Crippen LogP contribution is 2.35. The lowest BCUT2D eigenvalue weighted by atomic mass is 10.0. The van der Waals surface area contributed by atoms with Gasteiger partial charge in [-0.1, -0.05) is 18.2 Å². The number of ether oxygens (including phenoxy) is 3. The van der Waals surface area contributed by atoms with Gasteiger partial charge < -0.3 is 14.2 Å². The number of rotatable bonds is 3. The normalized spacial score (nSPS) is 12.8. The van der Waals surface area contributed by atoms with E-state index >= 15 is 0 Å². The SMILES string of the molecule is COc1ccccc1C(=O)c1cccc2c1OCCO2. The van der Waals surface area contributed by atoms with Crippen molar-refractivity contribution in [1.29, 1.82) is 0 Å². The summed E-state index contributed by atoms with van der Waals surface area (Å²) in [6.45, 7) is 0.947.